The van der Waals surface area contributed by atoms with E-state index in [0.717, 1.165) is 16.9 Å². The number of allylic oxidation sites excluding steroid dienone is 1. The summed E-state index contributed by atoms with van der Waals surface area (Å²) in [4.78, 5) is 12.7. The molecule has 0 bridgehead atoms. The number of hydrogen-bond donors (Lipinski definition) is 2. The number of hydrogen-bond acceptors (Lipinski definition) is 5. The van der Waals surface area contributed by atoms with Gasteiger partial charge in [0.1, 0.15) is 29.0 Å². The van der Waals surface area contributed by atoms with Gasteiger partial charge in [-0.25, -0.2) is 0 Å². The topological polar surface area (TPSA) is 76.0 Å². The number of ether oxygens (including phenoxy) is 2. The molecule has 4 rings (SSSR count). The average Bonchev–Trinajstić information content (AvgIpc) is 3.11. The molecule has 2 aromatic rings. The Balaban J connectivity index is 1.54. The van der Waals surface area contributed by atoms with Crippen LogP contribution in [0.1, 0.15) is 54.7 Å². The number of rotatable bonds is 4. The van der Waals surface area contributed by atoms with Gasteiger partial charge < -0.3 is 19.7 Å². The zero-order chi connectivity index (χ0) is 21.7. The van der Waals surface area contributed by atoms with E-state index in [9.17, 15) is 15.0 Å². The SMILES string of the molecule is CC1(C)C=Cc2cc(C=CC(=O)c3ccc4c(c3O)C[C@H](C(C)(C)O)O4)ccc2O1. The Morgan fingerprint density at radius 1 is 1.20 bits per heavy atom. The van der Waals surface area contributed by atoms with Gasteiger partial charge in [0.25, 0.3) is 0 Å². The molecule has 0 fully saturated rings. The summed E-state index contributed by atoms with van der Waals surface area (Å²) in [6, 6.07) is 8.97. The smallest absolute Gasteiger partial charge is 0.189 e. The van der Waals surface area contributed by atoms with Gasteiger partial charge in [-0.15, -0.1) is 0 Å². The number of fused-ring (bicyclic) bond motifs is 2. The molecule has 0 amide bonds. The van der Waals surface area contributed by atoms with Crippen molar-refractivity contribution in [3.8, 4) is 17.2 Å². The third kappa shape index (κ3) is 3.85. The van der Waals surface area contributed by atoms with Crippen molar-refractivity contribution >= 4 is 17.9 Å². The highest BCUT2D eigenvalue weighted by molar-refractivity contribution is 6.09. The van der Waals surface area contributed by atoms with Gasteiger partial charge in [-0.1, -0.05) is 18.2 Å². The standard InChI is InChI=1S/C25H26O5/c1-24(2)12-11-16-13-15(6-9-20(16)30-24)5-8-19(26)17-7-10-21-18(23(17)27)14-22(29-21)25(3,4)28/h5-13,22,27-28H,14H2,1-4H3/t22-/m1/s1. The molecule has 0 radical (unpaired) electrons. The first-order valence-corrected chi connectivity index (χ1v) is 10.0. The second-order valence-corrected chi connectivity index (χ2v) is 8.94. The van der Waals surface area contributed by atoms with Crippen LogP contribution in [0.5, 0.6) is 17.2 Å². The van der Waals surface area contributed by atoms with Crippen molar-refractivity contribution in [2.24, 2.45) is 0 Å². The molecular formula is C25H26O5. The van der Waals surface area contributed by atoms with Gasteiger partial charge in [0.05, 0.1) is 11.2 Å². The first kappa shape index (κ1) is 20.2. The summed E-state index contributed by atoms with van der Waals surface area (Å²) in [6.45, 7) is 7.32. The van der Waals surface area contributed by atoms with Crippen LogP contribution in [-0.4, -0.2) is 33.3 Å². The Kier molecular flexibility index (Phi) is 4.74. The molecule has 1 atom stereocenters. The maximum absolute atomic E-state index is 12.7. The van der Waals surface area contributed by atoms with Crippen molar-refractivity contribution in [2.75, 3.05) is 0 Å². The number of carbonyl (C=O) groups is 1. The van der Waals surface area contributed by atoms with Gasteiger partial charge >= 0.3 is 0 Å². The minimum Gasteiger partial charge on any atom is -0.507 e. The highest BCUT2D eigenvalue weighted by atomic mass is 16.5. The van der Waals surface area contributed by atoms with E-state index in [1.165, 1.54) is 6.08 Å². The molecular weight excluding hydrogens is 380 g/mol. The Bertz CT molecular complexity index is 1070. The summed E-state index contributed by atoms with van der Waals surface area (Å²) in [5, 5.41) is 20.8. The maximum Gasteiger partial charge on any atom is 0.189 e. The zero-order valence-corrected chi connectivity index (χ0v) is 17.6. The summed E-state index contributed by atoms with van der Waals surface area (Å²) in [7, 11) is 0. The van der Waals surface area contributed by atoms with Crippen LogP contribution in [0, 0.1) is 0 Å². The van der Waals surface area contributed by atoms with Crippen LogP contribution in [0.2, 0.25) is 0 Å². The molecule has 30 heavy (non-hydrogen) atoms. The van der Waals surface area contributed by atoms with E-state index < -0.39 is 11.7 Å². The highest BCUT2D eigenvalue weighted by Gasteiger charge is 2.37. The molecule has 2 aliphatic rings. The average molecular weight is 406 g/mol. The lowest BCUT2D eigenvalue weighted by atomic mass is 9.95. The molecule has 2 aliphatic heterocycles. The number of carbonyl (C=O) groups excluding carboxylic acids is 1. The molecule has 2 aromatic carbocycles. The Morgan fingerprint density at radius 3 is 2.67 bits per heavy atom. The van der Waals surface area contributed by atoms with Gasteiger partial charge in [0.2, 0.25) is 0 Å². The van der Waals surface area contributed by atoms with Crippen molar-refractivity contribution in [2.45, 2.75) is 51.4 Å². The van der Waals surface area contributed by atoms with E-state index in [-0.39, 0.29) is 22.7 Å². The minimum atomic E-state index is -1.05. The van der Waals surface area contributed by atoms with E-state index >= 15 is 0 Å². The van der Waals surface area contributed by atoms with Crippen molar-refractivity contribution in [3.05, 3.63) is 64.7 Å². The predicted molar refractivity (Wildman–Crippen MR) is 116 cm³/mol. The van der Waals surface area contributed by atoms with Crippen LogP contribution in [0.25, 0.3) is 12.2 Å². The normalized spacial score (nSPS) is 19.2. The quantitative estimate of drug-likeness (QED) is 0.576. The summed E-state index contributed by atoms with van der Waals surface area (Å²) < 4.78 is 11.6. The molecule has 0 saturated heterocycles. The number of aliphatic hydroxyl groups is 1. The largest absolute Gasteiger partial charge is 0.507 e. The number of benzene rings is 2. The van der Waals surface area contributed by atoms with Crippen LogP contribution in [0.3, 0.4) is 0 Å². The maximum atomic E-state index is 12.7. The fourth-order valence-electron chi connectivity index (χ4n) is 3.66. The minimum absolute atomic E-state index is 0.0853. The second-order valence-electron chi connectivity index (χ2n) is 8.94. The van der Waals surface area contributed by atoms with E-state index in [2.05, 4.69) is 0 Å². The molecule has 5 heteroatoms. The predicted octanol–water partition coefficient (Wildman–Crippen LogP) is 4.55. The van der Waals surface area contributed by atoms with Gasteiger partial charge in [-0.05, 0) is 69.7 Å². The number of aromatic hydroxyl groups is 1. The van der Waals surface area contributed by atoms with Crippen LogP contribution >= 0.6 is 0 Å². The first-order valence-electron chi connectivity index (χ1n) is 10.0. The Hall–Kier alpha value is -3.05. The van der Waals surface area contributed by atoms with E-state index in [1.54, 1.807) is 32.1 Å². The molecule has 0 spiro atoms. The van der Waals surface area contributed by atoms with Crippen LogP contribution in [0.15, 0.2) is 42.5 Å². The fourth-order valence-corrected chi connectivity index (χ4v) is 3.66. The summed E-state index contributed by atoms with van der Waals surface area (Å²) in [5.41, 5.74) is 1.21. The Morgan fingerprint density at radius 2 is 1.93 bits per heavy atom. The molecule has 0 aliphatic carbocycles. The van der Waals surface area contributed by atoms with Crippen molar-refractivity contribution in [1.29, 1.82) is 0 Å². The molecule has 0 unspecified atom stereocenters. The summed E-state index contributed by atoms with van der Waals surface area (Å²) in [6.07, 6.45) is 7.07. The fraction of sp³-hybridized carbons (Fsp3) is 0.320. The Labute approximate surface area is 176 Å². The summed E-state index contributed by atoms with van der Waals surface area (Å²) in [5.74, 6) is 0.929. The van der Waals surface area contributed by atoms with Crippen molar-refractivity contribution in [1.82, 2.24) is 0 Å². The summed E-state index contributed by atoms with van der Waals surface area (Å²) >= 11 is 0. The van der Waals surface area contributed by atoms with Crippen LogP contribution < -0.4 is 9.47 Å². The van der Waals surface area contributed by atoms with E-state index in [0.29, 0.717) is 17.7 Å². The van der Waals surface area contributed by atoms with Crippen LogP contribution in [-0.2, 0) is 6.42 Å². The van der Waals surface area contributed by atoms with E-state index in [4.69, 9.17) is 9.47 Å². The third-order valence-corrected chi connectivity index (χ3v) is 5.45. The molecule has 0 saturated carbocycles. The second kappa shape index (κ2) is 7.03. The van der Waals surface area contributed by atoms with Gasteiger partial charge in [-0.3, -0.25) is 4.79 Å². The van der Waals surface area contributed by atoms with Gasteiger partial charge in [-0.2, -0.15) is 0 Å². The number of ketones is 1. The monoisotopic (exact) mass is 406 g/mol. The van der Waals surface area contributed by atoms with Crippen molar-refractivity contribution < 1.29 is 24.5 Å². The number of phenols is 1. The molecule has 5 nitrogen and oxygen atoms in total. The van der Waals surface area contributed by atoms with Crippen molar-refractivity contribution in [3.63, 3.8) is 0 Å². The lowest BCUT2D eigenvalue weighted by molar-refractivity contribution is -0.0229. The lowest BCUT2D eigenvalue weighted by Crippen LogP contribution is -2.39. The number of phenolic OH excluding ortho intramolecular Hbond substituents is 1. The van der Waals surface area contributed by atoms with Crippen LogP contribution in [0.4, 0.5) is 0 Å². The third-order valence-electron chi connectivity index (χ3n) is 5.45. The zero-order valence-electron chi connectivity index (χ0n) is 17.6. The lowest BCUT2D eigenvalue weighted by Gasteiger charge is -2.27. The molecule has 2 heterocycles. The van der Waals surface area contributed by atoms with Gasteiger partial charge in [0.15, 0.2) is 5.78 Å². The highest BCUT2D eigenvalue weighted by Crippen LogP contribution is 2.40. The molecule has 156 valence electrons. The first-order chi connectivity index (χ1) is 14.0. The van der Waals surface area contributed by atoms with Gasteiger partial charge in [0, 0.05) is 17.5 Å². The van der Waals surface area contributed by atoms with E-state index in [1.807, 2.05) is 44.2 Å². The molecule has 0 aromatic heterocycles. The molecule has 2 N–H and O–H groups in total.